The van der Waals surface area contributed by atoms with Gasteiger partial charge in [0.05, 0.1) is 13.2 Å². The molecule has 0 bridgehead atoms. The first-order chi connectivity index (χ1) is 8.69. The van der Waals surface area contributed by atoms with Crippen molar-refractivity contribution in [2.24, 2.45) is 0 Å². The molecule has 0 saturated heterocycles. The van der Waals surface area contributed by atoms with Crippen molar-refractivity contribution >= 4 is 5.95 Å². The Morgan fingerprint density at radius 3 is 2.50 bits per heavy atom. The molecule has 0 aliphatic rings. The number of nitrogens with one attached hydrogen (secondary N) is 1. The second-order valence-electron chi connectivity index (χ2n) is 3.97. The van der Waals surface area contributed by atoms with Gasteiger partial charge >= 0.3 is 6.01 Å². The number of ether oxygens (including phenoxy) is 1. The van der Waals surface area contributed by atoms with Crippen molar-refractivity contribution < 1.29 is 4.74 Å². The smallest absolute Gasteiger partial charge is 0.321 e. The molecule has 1 aromatic carbocycles. The molecular formula is C13H16N4O. The molecule has 0 amide bonds. The summed E-state index contributed by atoms with van der Waals surface area (Å²) in [6.45, 7) is 3.86. The number of benzene rings is 1. The van der Waals surface area contributed by atoms with Crippen LogP contribution in [0.2, 0.25) is 0 Å². The SMILES string of the molecule is COc1nc(C)nc(N[C@H](C)c2ccccc2)n1. The van der Waals surface area contributed by atoms with E-state index < -0.39 is 0 Å². The average Bonchev–Trinajstić information content (AvgIpc) is 2.39. The highest BCUT2D eigenvalue weighted by atomic mass is 16.5. The van der Waals surface area contributed by atoms with Crippen molar-refractivity contribution in [1.82, 2.24) is 15.0 Å². The van der Waals surface area contributed by atoms with E-state index in [0.29, 0.717) is 17.8 Å². The molecule has 0 unspecified atom stereocenters. The average molecular weight is 244 g/mol. The van der Waals surface area contributed by atoms with E-state index in [9.17, 15) is 0 Å². The van der Waals surface area contributed by atoms with Crippen molar-refractivity contribution in [2.75, 3.05) is 12.4 Å². The van der Waals surface area contributed by atoms with E-state index in [1.54, 1.807) is 7.11 Å². The minimum absolute atomic E-state index is 0.123. The molecule has 0 radical (unpaired) electrons. The van der Waals surface area contributed by atoms with Gasteiger partial charge in [0.15, 0.2) is 0 Å². The van der Waals surface area contributed by atoms with Crippen LogP contribution in [-0.2, 0) is 0 Å². The fourth-order valence-electron chi connectivity index (χ4n) is 1.63. The lowest BCUT2D eigenvalue weighted by Crippen LogP contribution is -2.11. The zero-order valence-electron chi connectivity index (χ0n) is 10.7. The van der Waals surface area contributed by atoms with Crippen LogP contribution in [0, 0.1) is 6.92 Å². The summed E-state index contributed by atoms with van der Waals surface area (Å²) >= 11 is 0. The van der Waals surface area contributed by atoms with Crippen molar-refractivity contribution in [3.8, 4) is 6.01 Å². The van der Waals surface area contributed by atoms with Crippen LogP contribution in [-0.4, -0.2) is 22.1 Å². The van der Waals surface area contributed by atoms with Crippen LogP contribution >= 0.6 is 0 Å². The summed E-state index contributed by atoms with van der Waals surface area (Å²) < 4.78 is 5.02. The van der Waals surface area contributed by atoms with Gasteiger partial charge in [-0.3, -0.25) is 0 Å². The molecule has 1 heterocycles. The standard InChI is InChI=1S/C13H16N4O/c1-9(11-7-5-4-6-8-11)14-12-15-10(2)16-13(17-12)18-3/h4-9H,1-3H3,(H,14,15,16,17)/t9-/m1/s1. The van der Waals surface area contributed by atoms with Crippen molar-refractivity contribution in [1.29, 1.82) is 0 Å². The minimum Gasteiger partial charge on any atom is -0.467 e. The number of nitrogens with zero attached hydrogens (tertiary/aromatic N) is 3. The van der Waals surface area contributed by atoms with Crippen LogP contribution in [0.1, 0.15) is 24.4 Å². The third-order valence-electron chi connectivity index (χ3n) is 2.55. The number of anilines is 1. The van der Waals surface area contributed by atoms with Crippen molar-refractivity contribution in [3.63, 3.8) is 0 Å². The van der Waals surface area contributed by atoms with Gasteiger partial charge < -0.3 is 10.1 Å². The van der Waals surface area contributed by atoms with Crippen molar-refractivity contribution in [2.45, 2.75) is 19.9 Å². The molecule has 0 aliphatic carbocycles. The fourth-order valence-corrected chi connectivity index (χ4v) is 1.63. The Kier molecular flexibility index (Phi) is 3.72. The summed E-state index contributed by atoms with van der Waals surface area (Å²) in [7, 11) is 1.54. The van der Waals surface area contributed by atoms with Gasteiger partial charge in [-0.25, -0.2) is 0 Å². The summed E-state index contributed by atoms with van der Waals surface area (Å²) in [4.78, 5) is 12.4. The Morgan fingerprint density at radius 2 is 1.83 bits per heavy atom. The van der Waals surface area contributed by atoms with Gasteiger partial charge in [0.1, 0.15) is 5.82 Å². The van der Waals surface area contributed by atoms with Crippen LogP contribution in [0.4, 0.5) is 5.95 Å². The van der Waals surface area contributed by atoms with Gasteiger partial charge in [0, 0.05) is 0 Å². The van der Waals surface area contributed by atoms with Gasteiger partial charge in [0.25, 0.3) is 0 Å². The largest absolute Gasteiger partial charge is 0.467 e. The summed E-state index contributed by atoms with van der Waals surface area (Å²) in [5.74, 6) is 1.15. The molecule has 1 aromatic heterocycles. The molecule has 5 heteroatoms. The van der Waals surface area contributed by atoms with Gasteiger partial charge in [0.2, 0.25) is 5.95 Å². The molecule has 94 valence electrons. The third-order valence-corrected chi connectivity index (χ3v) is 2.55. The summed E-state index contributed by atoms with van der Waals surface area (Å²) in [5, 5.41) is 3.23. The molecule has 2 aromatic rings. The lowest BCUT2D eigenvalue weighted by Gasteiger charge is -2.14. The monoisotopic (exact) mass is 244 g/mol. The first kappa shape index (κ1) is 12.3. The maximum atomic E-state index is 5.02. The molecule has 1 atom stereocenters. The van der Waals surface area contributed by atoms with Crippen molar-refractivity contribution in [3.05, 3.63) is 41.7 Å². The highest BCUT2D eigenvalue weighted by molar-refractivity contribution is 5.32. The number of rotatable bonds is 4. The highest BCUT2D eigenvalue weighted by Crippen LogP contribution is 2.17. The molecule has 0 spiro atoms. The lowest BCUT2D eigenvalue weighted by atomic mass is 10.1. The Labute approximate surface area is 106 Å². The van der Waals surface area contributed by atoms with E-state index >= 15 is 0 Å². The molecule has 0 aliphatic heterocycles. The maximum Gasteiger partial charge on any atom is 0.321 e. The zero-order chi connectivity index (χ0) is 13.0. The quantitative estimate of drug-likeness (QED) is 0.894. The highest BCUT2D eigenvalue weighted by Gasteiger charge is 2.08. The number of aromatic nitrogens is 3. The Morgan fingerprint density at radius 1 is 1.11 bits per heavy atom. The lowest BCUT2D eigenvalue weighted by molar-refractivity contribution is 0.377. The number of methoxy groups -OCH3 is 1. The predicted octanol–water partition coefficient (Wildman–Crippen LogP) is 2.36. The fraction of sp³-hybridized carbons (Fsp3) is 0.308. The van der Waals surface area contributed by atoms with E-state index in [4.69, 9.17) is 4.74 Å². The van der Waals surface area contributed by atoms with Crippen LogP contribution in [0.3, 0.4) is 0 Å². The normalized spacial score (nSPS) is 11.9. The molecule has 2 rings (SSSR count). The van der Waals surface area contributed by atoms with Gasteiger partial charge in [-0.2, -0.15) is 15.0 Å². The molecule has 0 saturated carbocycles. The van der Waals surface area contributed by atoms with Gasteiger partial charge in [-0.05, 0) is 19.4 Å². The maximum absolute atomic E-state index is 5.02. The molecule has 0 fully saturated rings. The summed E-state index contributed by atoms with van der Waals surface area (Å²) in [5.41, 5.74) is 1.18. The first-order valence-electron chi connectivity index (χ1n) is 5.77. The van der Waals surface area contributed by atoms with Crippen LogP contribution in [0.15, 0.2) is 30.3 Å². The molecular weight excluding hydrogens is 228 g/mol. The summed E-state index contributed by atoms with van der Waals surface area (Å²) in [6.07, 6.45) is 0. The van der Waals surface area contributed by atoms with Crippen LogP contribution in [0.25, 0.3) is 0 Å². The second kappa shape index (κ2) is 5.44. The summed E-state index contributed by atoms with van der Waals surface area (Å²) in [6, 6.07) is 10.6. The molecule has 18 heavy (non-hydrogen) atoms. The zero-order valence-corrected chi connectivity index (χ0v) is 10.7. The molecule has 5 nitrogen and oxygen atoms in total. The predicted molar refractivity (Wildman–Crippen MR) is 69.6 cm³/mol. The van der Waals surface area contributed by atoms with E-state index in [0.717, 1.165) is 0 Å². The van der Waals surface area contributed by atoms with Gasteiger partial charge in [-0.1, -0.05) is 30.3 Å². The third kappa shape index (κ3) is 2.94. The van der Waals surface area contributed by atoms with Crippen LogP contribution < -0.4 is 10.1 Å². The van der Waals surface area contributed by atoms with E-state index in [2.05, 4.69) is 39.3 Å². The second-order valence-corrected chi connectivity index (χ2v) is 3.97. The Hall–Kier alpha value is -2.17. The van der Waals surface area contributed by atoms with Gasteiger partial charge in [-0.15, -0.1) is 0 Å². The Balaban J connectivity index is 2.16. The molecule has 1 N–H and O–H groups in total. The first-order valence-corrected chi connectivity index (χ1v) is 5.77. The Bertz CT molecular complexity index is 516. The van der Waals surface area contributed by atoms with E-state index in [1.165, 1.54) is 5.56 Å². The van der Waals surface area contributed by atoms with Crippen LogP contribution in [0.5, 0.6) is 6.01 Å². The topological polar surface area (TPSA) is 59.9 Å². The minimum atomic E-state index is 0.123. The van der Waals surface area contributed by atoms with E-state index in [1.807, 2.05) is 25.1 Å². The number of aryl methyl sites for hydroxylation is 1. The number of hydrogen-bond acceptors (Lipinski definition) is 5. The van der Waals surface area contributed by atoms with E-state index in [-0.39, 0.29) is 6.04 Å². The number of hydrogen-bond donors (Lipinski definition) is 1.